The Kier molecular flexibility index (Phi) is 6.42. The quantitative estimate of drug-likeness (QED) is 0.603. The number of amides is 2. The molecule has 0 atom stereocenters. The molecule has 0 saturated heterocycles. The molecule has 148 valence electrons. The maximum Gasteiger partial charge on any atom is 0.325 e. The van der Waals surface area contributed by atoms with E-state index in [4.69, 9.17) is 9.47 Å². The molecule has 29 heavy (non-hydrogen) atoms. The SMILES string of the molecule is COc1ccc(NC(=O)COC(=O)CNC(=O)c2ccc3ccccc3c2)cc1. The molecule has 3 aromatic carbocycles. The van der Waals surface area contributed by atoms with Gasteiger partial charge in [-0.2, -0.15) is 0 Å². The summed E-state index contributed by atoms with van der Waals surface area (Å²) in [5, 5.41) is 7.04. The highest BCUT2D eigenvalue weighted by Crippen LogP contribution is 2.16. The van der Waals surface area contributed by atoms with Crippen molar-refractivity contribution in [3.05, 3.63) is 72.3 Å². The minimum absolute atomic E-state index is 0.332. The van der Waals surface area contributed by atoms with Crippen molar-refractivity contribution in [2.45, 2.75) is 0 Å². The van der Waals surface area contributed by atoms with Gasteiger partial charge in [0.25, 0.3) is 11.8 Å². The zero-order chi connectivity index (χ0) is 20.6. The number of nitrogens with one attached hydrogen (secondary N) is 2. The smallest absolute Gasteiger partial charge is 0.325 e. The molecule has 0 aliphatic carbocycles. The first-order chi connectivity index (χ1) is 14.0. The van der Waals surface area contributed by atoms with Crippen LogP contribution in [0, 0.1) is 0 Å². The maximum atomic E-state index is 12.2. The molecular weight excluding hydrogens is 372 g/mol. The van der Waals surface area contributed by atoms with Crippen molar-refractivity contribution in [1.29, 1.82) is 0 Å². The first kappa shape index (κ1) is 19.9. The van der Waals surface area contributed by atoms with Crippen LogP contribution >= 0.6 is 0 Å². The second-order valence-electron chi connectivity index (χ2n) is 6.18. The van der Waals surface area contributed by atoms with Crippen molar-refractivity contribution in [3.8, 4) is 5.75 Å². The molecule has 0 unspecified atom stereocenters. The van der Waals surface area contributed by atoms with Crippen molar-refractivity contribution >= 4 is 34.2 Å². The monoisotopic (exact) mass is 392 g/mol. The van der Waals surface area contributed by atoms with Gasteiger partial charge in [0, 0.05) is 11.3 Å². The van der Waals surface area contributed by atoms with E-state index >= 15 is 0 Å². The van der Waals surface area contributed by atoms with Crippen LogP contribution in [0.1, 0.15) is 10.4 Å². The summed E-state index contributed by atoms with van der Waals surface area (Å²) in [6.07, 6.45) is 0. The summed E-state index contributed by atoms with van der Waals surface area (Å²) in [6, 6.07) is 19.7. The molecule has 0 radical (unpaired) electrons. The largest absolute Gasteiger partial charge is 0.497 e. The van der Waals surface area contributed by atoms with Crippen LogP contribution in [-0.4, -0.2) is 38.0 Å². The van der Waals surface area contributed by atoms with Crippen LogP contribution in [0.4, 0.5) is 5.69 Å². The highest BCUT2D eigenvalue weighted by atomic mass is 16.5. The van der Waals surface area contributed by atoms with Gasteiger partial charge >= 0.3 is 5.97 Å². The van der Waals surface area contributed by atoms with Crippen molar-refractivity contribution in [2.24, 2.45) is 0 Å². The van der Waals surface area contributed by atoms with Crippen LogP contribution in [0.2, 0.25) is 0 Å². The number of carbonyl (C=O) groups excluding carboxylic acids is 3. The lowest BCUT2D eigenvalue weighted by atomic mass is 10.1. The Hall–Kier alpha value is -3.87. The molecule has 7 nitrogen and oxygen atoms in total. The molecule has 0 fully saturated rings. The molecule has 0 aliphatic rings. The third-order valence-electron chi connectivity index (χ3n) is 4.14. The minimum atomic E-state index is -0.705. The van der Waals surface area contributed by atoms with E-state index in [0.29, 0.717) is 17.0 Å². The van der Waals surface area contributed by atoms with Gasteiger partial charge in [-0.3, -0.25) is 14.4 Å². The minimum Gasteiger partial charge on any atom is -0.497 e. The third kappa shape index (κ3) is 5.55. The number of methoxy groups -OCH3 is 1. The Morgan fingerprint density at radius 3 is 2.34 bits per heavy atom. The molecule has 0 bridgehead atoms. The van der Waals surface area contributed by atoms with Gasteiger partial charge in [-0.05, 0) is 47.2 Å². The lowest BCUT2D eigenvalue weighted by Gasteiger charge is -2.08. The summed E-state index contributed by atoms with van der Waals surface area (Å²) in [5.74, 6) is -0.916. The van der Waals surface area contributed by atoms with Gasteiger partial charge in [-0.25, -0.2) is 0 Å². The Morgan fingerprint density at radius 1 is 0.897 bits per heavy atom. The molecule has 0 aromatic heterocycles. The van der Waals surface area contributed by atoms with Crippen LogP contribution in [0.25, 0.3) is 10.8 Å². The Balaban J connectivity index is 1.43. The molecule has 3 rings (SSSR count). The first-order valence-electron chi connectivity index (χ1n) is 8.91. The van der Waals surface area contributed by atoms with Crippen LogP contribution in [0.3, 0.4) is 0 Å². The van der Waals surface area contributed by atoms with Gasteiger partial charge in [-0.15, -0.1) is 0 Å². The Labute approximate surface area is 167 Å². The van der Waals surface area contributed by atoms with Gasteiger partial charge in [0.05, 0.1) is 7.11 Å². The number of hydrogen-bond donors (Lipinski definition) is 2. The van der Waals surface area contributed by atoms with Crippen molar-refractivity contribution in [1.82, 2.24) is 5.32 Å². The number of anilines is 1. The Morgan fingerprint density at radius 2 is 1.62 bits per heavy atom. The van der Waals surface area contributed by atoms with Crippen LogP contribution < -0.4 is 15.4 Å². The summed E-state index contributed by atoms with van der Waals surface area (Å²) in [7, 11) is 1.55. The predicted molar refractivity (Wildman–Crippen MR) is 109 cm³/mol. The fourth-order valence-electron chi connectivity index (χ4n) is 2.65. The van der Waals surface area contributed by atoms with Crippen molar-refractivity contribution in [2.75, 3.05) is 25.6 Å². The van der Waals surface area contributed by atoms with E-state index in [-0.39, 0.29) is 6.54 Å². The van der Waals surface area contributed by atoms with Gasteiger partial charge in [0.2, 0.25) is 0 Å². The first-order valence-corrected chi connectivity index (χ1v) is 8.91. The zero-order valence-electron chi connectivity index (χ0n) is 15.8. The summed E-state index contributed by atoms with van der Waals surface area (Å²) in [6.45, 7) is -0.780. The number of hydrogen-bond acceptors (Lipinski definition) is 5. The molecule has 0 spiro atoms. The molecular formula is C22H20N2O5. The average molecular weight is 392 g/mol. The standard InChI is InChI=1S/C22H20N2O5/c1-28-19-10-8-18(9-11-19)24-20(25)14-29-21(26)13-23-22(27)17-7-6-15-4-2-3-5-16(15)12-17/h2-12H,13-14H2,1H3,(H,23,27)(H,24,25). The van der Waals surface area contributed by atoms with E-state index in [0.717, 1.165) is 10.8 Å². The van der Waals surface area contributed by atoms with Crippen LogP contribution in [0.5, 0.6) is 5.75 Å². The number of carbonyl (C=O) groups is 3. The maximum absolute atomic E-state index is 12.2. The molecule has 3 aromatic rings. The highest BCUT2D eigenvalue weighted by Gasteiger charge is 2.11. The molecule has 2 N–H and O–H groups in total. The molecule has 0 heterocycles. The van der Waals surface area contributed by atoms with Gasteiger partial charge in [0.15, 0.2) is 6.61 Å². The van der Waals surface area contributed by atoms with Crippen molar-refractivity contribution < 1.29 is 23.9 Å². The Bertz CT molecular complexity index is 1030. The number of rotatable bonds is 7. The number of fused-ring (bicyclic) bond motifs is 1. The topological polar surface area (TPSA) is 93.7 Å². The highest BCUT2D eigenvalue weighted by molar-refractivity contribution is 6.00. The van der Waals surface area contributed by atoms with E-state index in [1.54, 1.807) is 43.5 Å². The van der Waals surface area contributed by atoms with Crippen LogP contribution in [0.15, 0.2) is 66.7 Å². The van der Waals surface area contributed by atoms with E-state index in [2.05, 4.69) is 10.6 Å². The summed E-state index contributed by atoms with van der Waals surface area (Å²) >= 11 is 0. The lowest BCUT2D eigenvalue weighted by Crippen LogP contribution is -2.32. The second kappa shape index (κ2) is 9.36. The number of esters is 1. The fraction of sp³-hybridized carbons (Fsp3) is 0.136. The molecule has 0 aliphatic heterocycles. The van der Waals surface area contributed by atoms with Gasteiger partial charge < -0.3 is 20.1 Å². The van der Waals surface area contributed by atoms with Gasteiger partial charge in [0.1, 0.15) is 12.3 Å². The third-order valence-corrected chi connectivity index (χ3v) is 4.14. The lowest BCUT2D eigenvalue weighted by molar-refractivity contribution is -0.146. The normalized spacial score (nSPS) is 10.2. The average Bonchev–Trinajstić information content (AvgIpc) is 2.76. The number of ether oxygens (including phenoxy) is 2. The summed E-state index contributed by atoms with van der Waals surface area (Å²) < 4.78 is 9.92. The summed E-state index contributed by atoms with van der Waals surface area (Å²) in [4.78, 5) is 35.9. The predicted octanol–water partition coefficient (Wildman–Crippen LogP) is 2.76. The molecule has 7 heteroatoms. The zero-order valence-corrected chi connectivity index (χ0v) is 15.8. The van der Waals surface area contributed by atoms with Crippen molar-refractivity contribution in [3.63, 3.8) is 0 Å². The van der Waals surface area contributed by atoms with E-state index < -0.39 is 24.4 Å². The van der Waals surface area contributed by atoms with Gasteiger partial charge in [-0.1, -0.05) is 30.3 Å². The number of benzene rings is 3. The fourth-order valence-corrected chi connectivity index (χ4v) is 2.65. The van der Waals surface area contributed by atoms with Crippen LogP contribution in [-0.2, 0) is 14.3 Å². The van der Waals surface area contributed by atoms with E-state index in [9.17, 15) is 14.4 Å². The molecule has 0 saturated carbocycles. The molecule has 2 amide bonds. The summed E-state index contributed by atoms with van der Waals surface area (Å²) in [5.41, 5.74) is 0.991. The van der Waals surface area contributed by atoms with E-state index in [1.807, 2.05) is 30.3 Å². The van der Waals surface area contributed by atoms with E-state index in [1.165, 1.54) is 0 Å². The second-order valence-corrected chi connectivity index (χ2v) is 6.18.